The van der Waals surface area contributed by atoms with E-state index in [0.717, 1.165) is 17.6 Å². The second-order valence-electron chi connectivity index (χ2n) is 5.53. The number of hydrogen-bond donors (Lipinski definition) is 2. The van der Waals surface area contributed by atoms with Crippen LogP contribution in [-0.2, 0) is 9.84 Å². The molecule has 0 radical (unpaired) electrons. The van der Waals surface area contributed by atoms with E-state index >= 15 is 0 Å². The van der Waals surface area contributed by atoms with E-state index in [1.54, 1.807) is 13.8 Å². The predicted molar refractivity (Wildman–Crippen MR) is 94.5 cm³/mol. The van der Waals surface area contributed by atoms with Crippen molar-refractivity contribution in [2.75, 3.05) is 11.6 Å². The zero-order valence-electron chi connectivity index (χ0n) is 13.8. The summed E-state index contributed by atoms with van der Waals surface area (Å²) in [6, 6.07) is 6.90. The Morgan fingerprint density at radius 3 is 2.40 bits per heavy atom. The molecule has 2 N–H and O–H groups in total. The molecule has 0 bridgehead atoms. The fraction of sp³-hybridized carbons (Fsp3) is 0.250. The van der Waals surface area contributed by atoms with Crippen molar-refractivity contribution in [3.05, 3.63) is 40.8 Å². The first kappa shape index (κ1) is 18.9. The molecular formula is C16H17NO6S2. The summed E-state index contributed by atoms with van der Waals surface area (Å²) in [5.41, 5.74) is 0.197. The number of nitrogens with one attached hydrogen (secondary N) is 1. The molecule has 0 atom stereocenters. The number of amides is 1. The molecule has 0 saturated carbocycles. The Hall–Kier alpha value is -2.39. The number of carboxylic acid groups (broad SMARTS) is 1. The van der Waals surface area contributed by atoms with Crippen LogP contribution in [0.25, 0.3) is 0 Å². The summed E-state index contributed by atoms with van der Waals surface area (Å²) < 4.78 is 28.7. The van der Waals surface area contributed by atoms with Gasteiger partial charge in [0.25, 0.3) is 5.91 Å². The van der Waals surface area contributed by atoms with Gasteiger partial charge in [-0.25, -0.2) is 13.2 Å². The summed E-state index contributed by atoms with van der Waals surface area (Å²) in [7, 11) is -3.39. The minimum absolute atomic E-state index is 0.00518. The van der Waals surface area contributed by atoms with Gasteiger partial charge in [-0.15, -0.1) is 11.3 Å². The first-order valence-corrected chi connectivity index (χ1v) is 9.94. The Kier molecular flexibility index (Phi) is 5.48. The van der Waals surface area contributed by atoms with Crippen LogP contribution in [-0.4, -0.2) is 37.8 Å². The lowest BCUT2D eigenvalue weighted by Gasteiger charge is -2.15. The molecule has 1 aromatic carbocycles. The first-order valence-electron chi connectivity index (χ1n) is 7.23. The largest absolute Gasteiger partial charge is 0.489 e. The third-order valence-electron chi connectivity index (χ3n) is 3.01. The van der Waals surface area contributed by atoms with Gasteiger partial charge in [0, 0.05) is 6.26 Å². The Morgan fingerprint density at radius 1 is 1.20 bits per heavy atom. The summed E-state index contributed by atoms with van der Waals surface area (Å²) in [6.45, 7) is 3.60. The average molecular weight is 383 g/mol. The van der Waals surface area contributed by atoms with E-state index < -0.39 is 21.7 Å². The smallest absolute Gasteiger partial charge is 0.335 e. The maximum atomic E-state index is 12.4. The van der Waals surface area contributed by atoms with Crippen molar-refractivity contribution < 1.29 is 27.9 Å². The SMILES string of the molecule is CC(C)Oc1ccc(C(=O)O)cc1NC(=O)c1ccc(S(C)(=O)=O)s1. The number of benzene rings is 1. The quantitative estimate of drug-likeness (QED) is 0.794. The minimum Gasteiger partial charge on any atom is -0.489 e. The van der Waals surface area contributed by atoms with Gasteiger partial charge in [0.2, 0.25) is 0 Å². The maximum Gasteiger partial charge on any atom is 0.335 e. The minimum atomic E-state index is -3.39. The third-order valence-corrected chi connectivity index (χ3v) is 5.91. The summed E-state index contributed by atoms with van der Waals surface area (Å²) >= 11 is 0.840. The van der Waals surface area contributed by atoms with Crippen LogP contribution in [0.15, 0.2) is 34.5 Å². The molecule has 7 nitrogen and oxygen atoms in total. The molecule has 25 heavy (non-hydrogen) atoms. The van der Waals surface area contributed by atoms with Crippen molar-refractivity contribution in [2.45, 2.75) is 24.2 Å². The van der Waals surface area contributed by atoms with E-state index in [4.69, 9.17) is 9.84 Å². The number of ether oxygens (including phenoxy) is 1. The number of sulfone groups is 1. The van der Waals surface area contributed by atoms with Crippen LogP contribution in [0, 0.1) is 0 Å². The molecule has 1 heterocycles. The lowest BCUT2D eigenvalue weighted by molar-refractivity contribution is 0.0696. The molecule has 9 heteroatoms. The number of aromatic carboxylic acids is 1. The van der Waals surface area contributed by atoms with Crippen molar-refractivity contribution >= 4 is 38.7 Å². The zero-order valence-corrected chi connectivity index (χ0v) is 15.4. The van der Waals surface area contributed by atoms with Gasteiger partial charge in [0.1, 0.15) is 9.96 Å². The van der Waals surface area contributed by atoms with Gasteiger partial charge in [-0.1, -0.05) is 0 Å². The summed E-state index contributed by atoms with van der Waals surface area (Å²) in [5, 5.41) is 11.7. The standard InChI is InChI=1S/C16H17NO6S2/c1-9(2)23-12-5-4-10(16(19)20)8-11(12)17-15(18)13-6-7-14(24-13)25(3,21)22/h4-9H,1-3H3,(H,17,18)(H,19,20). The van der Waals surface area contributed by atoms with Crippen LogP contribution in [0.4, 0.5) is 5.69 Å². The van der Waals surface area contributed by atoms with Crippen LogP contribution >= 0.6 is 11.3 Å². The number of thiophene rings is 1. The normalized spacial score (nSPS) is 11.4. The lowest BCUT2D eigenvalue weighted by atomic mass is 10.2. The van der Waals surface area contributed by atoms with Crippen LogP contribution < -0.4 is 10.1 Å². The topological polar surface area (TPSA) is 110 Å². The monoisotopic (exact) mass is 383 g/mol. The number of carbonyl (C=O) groups is 2. The number of carbonyl (C=O) groups excluding carboxylic acids is 1. The number of carboxylic acids is 1. The number of rotatable bonds is 6. The molecule has 0 spiro atoms. The lowest BCUT2D eigenvalue weighted by Crippen LogP contribution is -2.14. The molecule has 0 unspecified atom stereocenters. The molecule has 0 aliphatic carbocycles. The fourth-order valence-electron chi connectivity index (χ4n) is 1.94. The number of hydrogen-bond acceptors (Lipinski definition) is 6. The molecular weight excluding hydrogens is 366 g/mol. The average Bonchev–Trinajstić information content (AvgIpc) is 2.98. The van der Waals surface area contributed by atoms with Crippen molar-refractivity contribution in [1.82, 2.24) is 0 Å². The number of anilines is 1. The molecule has 1 amide bonds. The highest BCUT2D eigenvalue weighted by atomic mass is 32.2. The Bertz CT molecular complexity index is 914. The van der Waals surface area contributed by atoms with Crippen LogP contribution in [0.5, 0.6) is 5.75 Å². The first-order chi connectivity index (χ1) is 11.6. The third kappa shape index (κ3) is 4.80. The maximum absolute atomic E-state index is 12.4. The molecule has 2 rings (SSSR count). The van der Waals surface area contributed by atoms with Gasteiger partial charge < -0.3 is 15.2 Å². The second-order valence-corrected chi connectivity index (χ2v) is 8.85. The van der Waals surface area contributed by atoms with E-state index in [1.807, 2.05) is 0 Å². The van der Waals surface area contributed by atoms with Gasteiger partial charge >= 0.3 is 5.97 Å². The van der Waals surface area contributed by atoms with Crippen LogP contribution in [0.1, 0.15) is 33.9 Å². The molecule has 1 aromatic heterocycles. The Morgan fingerprint density at radius 2 is 1.88 bits per heavy atom. The molecule has 0 aliphatic rings. The van der Waals surface area contributed by atoms with Crippen LogP contribution in [0.2, 0.25) is 0 Å². The summed E-state index contributed by atoms with van der Waals surface area (Å²) in [5.74, 6) is -1.36. The van der Waals surface area contributed by atoms with Crippen molar-refractivity contribution in [3.8, 4) is 5.75 Å². The summed E-state index contributed by atoms with van der Waals surface area (Å²) in [6.07, 6.45) is 0.885. The van der Waals surface area contributed by atoms with Crippen molar-refractivity contribution in [2.24, 2.45) is 0 Å². The molecule has 2 aromatic rings. The highest BCUT2D eigenvalue weighted by Gasteiger charge is 2.18. The van der Waals surface area contributed by atoms with Crippen molar-refractivity contribution in [3.63, 3.8) is 0 Å². The highest BCUT2D eigenvalue weighted by Crippen LogP contribution is 2.29. The predicted octanol–water partition coefficient (Wildman–Crippen LogP) is 2.89. The van der Waals surface area contributed by atoms with Gasteiger partial charge in [-0.2, -0.15) is 0 Å². The molecule has 0 saturated heterocycles. The van der Waals surface area contributed by atoms with E-state index in [9.17, 15) is 18.0 Å². The van der Waals surface area contributed by atoms with Gasteiger partial charge in [-0.3, -0.25) is 4.79 Å². The van der Waals surface area contributed by atoms with Crippen molar-refractivity contribution in [1.29, 1.82) is 0 Å². The van der Waals surface area contributed by atoms with Gasteiger partial charge in [-0.05, 0) is 44.2 Å². The molecule has 0 fully saturated rings. The Labute approximate surface area is 149 Å². The molecule has 0 aliphatic heterocycles. The van der Waals surface area contributed by atoms with E-state index in [-0.39, 0.29) is 26.4 Å². The fourth-order valence-corrected chi connectivity index (χ4v) is 3.77. The van der Waals surface area contributed by atoms with Crippen LogP contribution in [0.3, 0.4) is 0 Å². The zero-order chi connectivity index (χ0) is 18.8. The summed E-state index contributed by atoms with van der Waals surface area (Å²) in [4.78, 5) is 23.7. The molecule has 134 valence electrons. The van der Waals surface area contributed by atoms with E-state index in [1.165, 1.54) is 30.3 Å². The second kappa shape index (κ2) is 7.24. The highest BCUT2D eigenvalue weighted by molar-refractivity contribution is 7.92. The van der Waals surface area contributed by atoms with E-state index in [2.05, 4.69) is 5.32 Å². The van der Waals surface area contributed by atoms with Gasteiger partial charge in [0.15, 0.2) is 9.84 Å². The van der Waals surface area contributed by atoms with E-state index in [0.29, 0.717) is 5.75 Å². The van der Waals surface area contributed by atoms with Gasteiger partial charge in [0.05, 0.1) is 22.2 Å². The Balaban J connectivity index is 2.33.